The number of aliphatic hydroxyl groups is 1. The first-order valence-corrected chi connectivity index (χ1v) is 9.55. The van der Waals surface area contributed by atoms with Crippen molar-refractivity contribution in [1.82, 2.24) is 16.0 Å². The number of hydrogen-bond acceptors (Lipinski definition) is 7. The minimum atomic E-state index is -1.65. The largest absolute Gasteiger partial charge is 0.481 e. The minimum Gasteiger partial charge on any atom is -0.481 e. The van der Waals surface area contributed by atoms with E-state index in [0.717, 1.165) is 6.92 Å². The highest BCUT2D eigenvalue weighted by molar-refractivity contribution is 5.94. The summed E-state index contributed by atoms with van der Waals surface area (Å²) in [7, 11) is 0. The van der Waals surface area contributed by atoms with E-state index in [1.807, 2.05) is 13.8 Å². The second-order valence-electron chi connectivity index (χ2n) is 7.54. The molecule has 5 atom stereocenters. The van der Waals surface area contributed by atoms with Crippen molar-refractivity contribution in [3.8, 4) is 0 Å². The molecule has 0 aromatic rings. The molecule has 0 bridgehead atoms. The van der Waals surface area contributed by atoms with Crippen LogP contribution < -0.4 is 21.7 Å². The summed E-state index contributed by atoms with van der Waals surface area (Å²) in [6, 6.07) is -4.95. The highest BCUT2D eigenvalue weighted by atomic mass is 16.4. The Morgan fingerprint density at radius 3 is 1.73 bits per heavy atom. The van der Waals surface area contributed by atoms with E-state index >= 15 is 0 Å². The third-order valence-corrected chi connectivity index (χ3v) is 4.08. The molecule has 0 aliphatic heterocycles. The van der Waals surface area contributed by atoms with Gasteiger partial charge in [-0.3, -0.25) is 19.2 Å². The molecule has 0 spiro atoms. The van der Waals surface area contributed by atoms with E-state index in [1.165, 1.54) is 6.92 Å². The van der Waals surface area contributed by atoms with Crippen molar-refractivity contribution >= 4 is 29.7 Å². The van der Waals surface area contributed by atoms with Crippen LogP contribution in [0.3, 0.4) is 0 Å². The summed E-state index contributed by atoms with van der Waals surface area (Å²) in [5, 5.41) is 34.4. The lowest BCUT2D eigenvalue weighted by atomic mass is 10.0. The Morgan fingerprint density at radius 1 is 0.833 bits per heavy atom. The highest BCUT2D eigenvalue weighted by Crippen LogP contribution is 2.08. The maximum Gasteiger partial charge on any atom is 0.328 e. The Hall–Kier alpha value is -2.73. The molecule has 0 saturated carbocycles. The number of carbonyl (C=O) groups excluding carboxylic acids is 3. The summed E-state index contributed by atoms with van der Waals surface area (Å²) < 4.78 is 0. The van der Waals surface area contributed by atoms with Gasteiger partial charge in [0.1, 0.15) is 12.1 Å². The lowest BCUT2D eigenvalue weighted by Gasteiger charge is -2.26. The summed E-state index contributed by atoms with van der Waals surface area (Å²) in [5.74, 6) is -5.03. The van der Waals surface area contributed by atoms with Crippen molar-refractivity contribution in [3.63, 3.8) is 0 Å². The molecular weight excluding hydrogens is 400 g/mol. The van der Waals surface area contributed by atoms with Gasteiger partial charge in [0, 0.05) is 6.42 Å². The van der Waals surface area contributed by atoms with Gasteiger partial charge in [0.05, 0.1) is 12.1 Å². The van der Waals surface area contributed by atoms with Crippen molar-refractivity contribution in [3.05, 3.63) is 0 Å². The maximum absolute atomic E-state index is 12.7. The van der Waals surface area contributed by atoms with Gasteiger partial charge in [-0.25, -0.2) is 4.79 Å². The van der Waals surface area contributed by atoms with Gasteiger partial charge in [0.25, 0.3) is 0 Å². The number of nitrogens with one attached hydrogen (secondary N) is 3. The number of aliphatic carboxylic acids is 2. The van der Waals surface area contributed by atoms with Crippen LogP contribution in [-0.2, 0) is 24.0 Å². The summed E-state index contributed by atoms with van der Waals surface area (Å²) in [6.07, 6.45) is -2.01. The minimum absolute atomic E-state index is 0.00736. The van der Waals surface area contributed by atoms with Crippen LogP contribution in [0.4, 0.5) is 0 Å². The third kappa shape index (κ3) is 10.2. The Bertz CT molecular complexity index is 636. The highest BCUT2D eigenvalue weighted by Gasteiger charge is 2.32. The normalized spacial score (nSPS) is 16.0. The van der Waals surface area contributed by atoms with Crippen LogP contribution in [0.2, 0.25) is 0 Å². The van der Waals surface area contributed by atoms with Gasteiger partial charge < -0.3 is 37.0 Å². The molecular formula is C18H32N4O8. The molecule has 0 aromatic carbocycles. The molecule has 0 aromatic heterocycles. The van der Waals surface area contributed by atoms with Crippen molar-refractivity contribution in [2.24, 2.45) is 11.7 Å². The fraction of sp³-hybridized carbons (Fsp3) is 0.722. The number of carboxylic acid groups (broad SMARTS) is 2. The predicted octanol–water partition coefficient (Wildman–Crippen LogP) is -1.84. The molecule has 0 rings (SSSR count). The van der Waals surface area contributed by atoms with E-state index in [1.54, 1.807) is 0 Å². The molecule has 172 valence electrons. The first-order chi connectivity index (χ1) is 13.8. The predicted molar refractivity (Wildman–Crippen MR) is 105 cm³/mol. The molecule has 0 aliphatic rings. The van der Waals surface area contributed by atoms with E-state index < -0.39 is 66.4 Å². The van der Waals surface area contributed by atoms with E-state index in [0.29, 0.717) is 0 Å². The Morgan fingerprint density at radius 2 is 1.33 bits per heavy atom. The molecule has 3 amide bonds. The summed E-state index contributed by atoms with van der Waals surface area (Å²) in [6.45, 7) is 6.22. The Labute approximate surface area is 174 Å². The number of amides is 3. The SMILES string of the molecule is CC(C)CC(NC(=O)C(C)N)C(=O)NC(CCC(=O)O)C(=O)NC(C(=O)O)C(C)O. The Kier molecular flexibility index (Phi) is 11.6. The smallest absolute Gasteiger partial charge is 0.328 e. The monoisotopic (exact) mass is 432 g/mol. The first-order valence-electron chi connectivity index (χ1n) is 9.55. The number of carbonyl (C=O) groups is 5. The van der Waals surface area contributed by atoms with Gasteiger partial charge in [-0.05, 0) is 32.6 Å². The summed E-state index contributed by atoms with van der Waals surface area (Å²) in [4.78, 5) is 59.2. The molecule has 0 radical (unpaired) electrons. The molecule has 0 fully saturated rings. The van der Waals surface area contributed by atoms with Crippen LogP contribution in [-0.4, -0.2) is 75.3 Å². The number of aliphatic hydroxyl groups excluding tert-OH is 1. The van der Waals surface area contributed by atoms with Gasteiger partial charge >= 0.3 is 11.9 Å². The van der Waals surface area contributed by atoms with Crippen LogP contribution in [0.1, 0.15) is 47.0 Å². The third-order valence-electron chi connectivity index (χ3n) is 4.08. The topological polar surface area (TPSA) is 208 Å². The van der Waals surface area contributed by atoms with Crippen molar-refractivity contribution in [2.45, 2.75) is 77.2 Å². The van der Waals surface area contributed by atoms with Gasteiger partial charge in [0.15, 0.2) is 6.04 Å². The maximum atomic E-state index is 12.7. The van der Waals surface area contributed by atoms with Crippen LogP contribution in [0, 0.1) is 5.92 Å². The quantitative estimate of drug-likeness (QED) is 0.174. The van der Waals surface area contributed by atoms with Gasteiger partial charge in [-0.15, -0.1) is 0 Å². The number of rotatable bonds is 13. The van der Waals surface area contributed by atoms with E-state index in [9.17, 15) is 29.1 Å². The molecule has 12 nitrogen and oxygen atoms in total. The van der Waals surface area contributed by atoms with Crippen molar-refractivity contribution in [1.29, 1.82) is 0 Å². The van der Waals surface area contributed by atoms with E-state index in [2.05, 4.69) is 16.0 Å². The molecule has 8 N–H and O–H groups in total. The lowest BCUT2D eigenvalue weighted by molar-refractivity contribution is -0.145. The fourth-order valence-corrected chi connectivity index (χ4v) is 2.46. The molecule has 0 aliphatic carbocycles. The average Bonchev–Trinajstić information content (AvgIpc) is 2.60. The van der Waals surface area contributed by atoms with E-state index in [4.69, 9.17) is 15.9 Å². The van der Waals surface area contributed by atoms with Crippen LogP contribution in [0.15, 0.2) is 0 Å². The van der Waals surface area contributed by atoms with Crippen molar-refractivity contribution < 1.29 is 39.3 Å². The van der Waals surface area contributed by atoms with Crippen LogP contribution in [0.25, 0.3) is 0 Å². The lowest BCUT2D eigenvalue weighted by Crippen LogP contribution is -2.58. The van der Waals surface area contributed by atoms with Crippen LogP contribution >= 0.6 is 0 Å². The van der Waals surface area contributed by atoms with Crippen LogP contribution in [0.5, 0.6) is 0 Å². The number of hydrogen-bond donors (Lipinski definition) is 7. The fourth-order valence-electron chi connectivity index (χ4n) is 2.46. The first kappa shape index (κ1) is 27.3. The van der Waals surface area contributed by atoms with E-state index in [-0.39, 0.29) is 18.8 Å². The van der Waals surface area contributed by atoms with Gasteiger partial charge in [0.2, 0.25) is 17.7 Å². The second-order valence-corrected chi connectivity index (χ2v) is 7.54. The molecule has 5 unspecified atom stereocenters. The summed E-state index contributed by atoms with van der Waals surface area (Å²) in [5.41, 5.74) is 5.50. The molecule has 30 heavy (non-hydrogen) atoms. The average molecular weight is 432 g/mol. The van der Waals surface area contributed by atoms with Crippen molar-refractivity contribution in [2.75, 3.05) is 0 Å². The zero-order valence-electron chi connectivity index (χ0n) is 17.5. The zero-order chi connectivity index (χ0) is 23.6. The molecule has 0 saturated heterocycles. The van der Waals surface area contributed by atoms with Gasteiger partial charge in [-0.2, -0.15) is 0 Å². The Balaban J connectivity index is 5.49. The van der Waals surface area contributed by atoms with Gasteiger partial charge in [-0.1, -0.05) is 13.8 Å². The summed E-state index contributed by atoms with van der Waals surface area (Å²) >= 11 is 0. The zero-order valence-corrected chi connectivity index (χ0v) is 17.5. The number of carboxylic acids is 2. The molecule has 0 heterocycles. The standard InChI is InChI=1S/C18H32N4O8/c1-8(2)7-12(21-15(26)9(3)19)17(28)20-11(5-6-13(24)25)16(27)22-14(10(4)23)18(29)30/h8-12,14,23H,5-7,19H2,1-4H3,(H,20,28)(H,21,26)(H,22,27)(H,24,25)(H,29,30). The number of nitrogens with two attached hydrogens (primary N) is 1. The molecule has 12 heteroatoms. The second kappa shape index (κ2) is 12.8.